The summed E-state index contributed by atoms with van der Waals surface area (Å²) in [7, 11) is 0. The maximum absolute atomic E-state index is 12.3. The first kappa shape index (κ1) is 25.0. The van der Waals surface area contributed by atoms with Gasteiger partial charge in [0.15, 0.2) is 11.5 Å². The van der Waals surface area contributed by atoms with Gasteiger partial charge in [-0.3, -0.25) is 9.59 Å². The van der Waals surface area contributed by atoms with Gasteiger partial charge in [-0.1, -0.05) is 71.3 Å². The number of benzene rings is 1. The van der Waals surface area contributed by atoms with E-state index in [-0.39, 0.29) is 23.4 Å². The van der Waals surface area contributed by atoms with Gasteiger partial charge in [0.2, 0.25) is 5.75 Å². The zero-order valence-corrected chi connectivity index (χ0v) is 18.5. The molecule has 0 radical (unpaired) electrons. The third kappa shape index (κ3) is 10.9. The van der Waals surface area contributed by atoms with Gasteiger partial charge in [-0.05, 0) is 31.9 Å². The molecule has 0 unspecified atom stereocenters. The van der Waals surface area contributed by atoms with E-state index in [1.54, 1.807) is 18.2 Å². The lowest BCUT2D eigenvalue weighted by Gasteiger charge is -2.14. The van der Waals surface area contributed by atoms with Crippen LogP contribution >= 0.6 is 0 Å². The summed E-state index contributed by atoms with van der Waals surface area (Å²) in [6.07, 6.45) is 11.3. The van der Waals surface area contributed by atoms with Crippen molar-refractivity contribution in [2.45, 2.75) is 97.8 Å². The van der Waals surface area contributed by atoms with E-state index in [1.165, 1.54) is 25.7 Å². The second-order valence-corrected chi connectivity index (χ2v) is 7.29. The van der Waals surface area contributed by atoms with Gasteiger partial charge >= 0.3 is 11.9 Å². The molecule has 0 bridgehead atoms. The molecule has 29 heavy (non-hydrogen) atoms. The van der Waals surface area contributed by atoms with E-state index in [9.17, 15) is 9.59 Å². The Kier molecular flexibility index (Phi) is 13.6. The zero-order valence-electron chi connectivity index (χ0n) is 18.5. The number of ether oxygens (including phenoxy) is 3. The molecule has 0 aliphatic heterocycles. The van der Waals surface area contributed by atoms with Crippen LogP contribution in [0.1, 0.15) is 97.8 Å². The van der Waals surface area contributed by atoms with Crippen molar-refractivity contribution in [2.75, 3.05) is 6.61 Å². The highest BCUT2D eigenvalue weighted by Crippen LogP contribution is 2.38. The number of hydrogen-bond donors (Lipinski definition) is 0. The molecular formula is C24H38O5. The number of esters is 2. The smallest absolute Gasteiger partial charge is 0.311 e. The topological polar surface area (TPSA) is 61.8 Å². The summed E-state index contributed by atoms with van der Waals surface area (Å²) in [6, 6.07) is 5.09. The molecule has 0 saturated carbocycles. The molecule has 1 aromatic carbocycles. The Morgan fingerprint density at radius 3 is 1.76 bits per heavy atom. The van der Waals surface area contributed by atoms with E-state index in [1.807, 2.05) is 6.92 Å². The van der Waals surface area contributed by atoms with Crippen molar-refractivity contribution >= 4 is 11.9 Å². The molecule has 1 rings (SSSR count). The van der Waals surface area contributed by atoms with Gasteiger partial charge in [-0.2, -0.15) is 0 Å². The maximum atomic E-state index is 12.3. The van der Waals surface area contributed by atoms with Gasteiger partial charge in [0.25, 0.3) is 0 Å². The number of carbonyl (C=O) groups excluding carboxylic acids is 2. The number of carbonyl (C=O) groups is 2. The molecule has 0 amide bonds. The molecule has 164 valence electrons. The lowest BCUT2D eigenvalue weighted by Crippen LogP contribution is -2.13. The Bertz CT molecular complexity index is 597. The number of rotatable bonds is 16. The van der Waals surface area contributed by atoms with Gasteiger partial charge in [0.05, 0.1) is 6.61 Å². The SMILES string of the molecule is CCCCCCCC(=O)Oc1cccc(OCC)c1OC(=O)CCCCCCC. The molecule has 0 saturated heterocycles. The standard InChI is InChI=1S/C24H38O5/c1-4-7-9-11-13-18-22(25)28-21-17-15-16-20(27-6-3)24(21)29-23(26)19-14-12-10-8-5-2/h15-17H,4-14,18-19H2,1-3H3. The Hall–Kier alpha value is -2.04. The quantitative estimate of drug-likeness (QED) is 0.175. The highest BCUT2D eigenvalue weighted by atomic mass is 16.6. The fraction of sp³-hybridized carbons (Fsp3) is 0.667. The Balaban J connectivity index is 2.66. The van der Waals surface area contributed by atoms with Crippen molar-refractivity contribution in [3.63, 3.8) is 0 Å². The third-order valence-corrected chi connectivity index (χ3v) is 4.65. The van der Waals surface area contributed by atoms with Crippen LogP contribution in [-0.4, -0.2) is 18.5 Å². The van der Waals surface area contributed by atoms with Crippen LogP contribution in [0.15, 0.2) is 18.2 Å². The van der Waals surface area contributed by atoms with Crippen LogP contribution in [0, 0.1) is 0 Å². The molecule has 5 nitrogen and oxygen atoms in total. The van der Waals surface area contributed by atoms with Gasteiger partial charge in [0, 0.05) is 12.8 Å². The maximum Gasteiger partial charge on any atom is 0.311 e. The van der Waals surface area contributed by atoms with Gasteiger partial charge in [-0.15, -0.1) is 0 Å². The third-order valence-electron chi connectivity index (χ3n) is 4.65. The first-order valence-corrected chi connectivity index (χ1v) is 11.3. The predicted molar refractivity (Wildman–Crippen MR) is 116 cm³/mol. The van der Waals surface area contributed by atoms with Crippen LogP contribution in [-0.2, 0) is 9.59 Å². The average molecular weight is 407 g/mol. The van der Waals surface area contributed by atoms with Gasteiger partial charge in [-0.25, -0.2) is 0 Å². The van der Waals surface area contributed by atoms with Crippen LogP contribution in [0.4, 0.5) is 0 Å². The van der Waals surface area contributed by atoms with Gasteiger partial charge in [0.1, 0.15) is 0 Å². The van der Waals surface area contributed by atoms with Crippen LogP contribution in [0.5, 0.6) is 17.2 Å². The van der Waals surface area contributed by atoms with Crippen LogP contribution in [0.25, 0.3) is 0 Å². The van der Waals surface area contributed by atoms with Crippen molar-refractivity contribution in [1.82, 2.24) is 0 Å². The summed E-state index contributed by atoms with van der Waals surface area (Å²) >= 11 is 0. The fourth-order valence-corrected chi connectivity index (χ4v) is 3.03. The number of unbranched alkanes of at least 4 members (excludes halogenated alkanes) is 8. The monoisotopic (exact) mass is 406 g/mol. The number of hydrogen-bond acceptors (Lipinski definition) is 5. The second-order valence-electron chi connectivity index (χ2n) is 7.29. The summed E-state index contributed by atoms with van der Waals surface area (Å²) in [5.41, 5.74) is 0. The summed E-state index contributed by atoms with van der Waals surface area (Å²) in [4.78, 5) is 24.5. The van der Waals surface area contributed by atoms with Crippen molar-refractivity contribution in [3.05, 3.63) is 18.2 Å². The molecule has 0 spiro atoms. The molecular weight excluding hydrogens is 368 g/mol. The first-order valence-electron chi connectivity index (χ1n) is 11.3. The van der Waals surface area contributed by atoms with Crippen LogP contribution in [0.3, 0.4) is 0 Å². The van der Waals surface area contributed by atoms with Gasteiger partial charge < -0.3 is 14.2 Å². The first-order chi connectivity index (χ1) is 14.1. The second kappa shape index (κ2) is 15.8. The van der Waals surface area contributed by atoms with E-state index in [0.717, 1.165) is 38.5 Å². The molecule has 0 atom stereocenters. The predicted octanol–water partition coefficient (Wildman–Crippen LogP) is 6.62. The van der Waals surface area contributed by atoms with Crippen LogP contribution in [0.2, 0.25) is 0 Å². The van der Waals surface area contributed by atoms with Crippen LogP contribution < -0.4 is 14.2 Å². The lowest BCUT2D eigenvalue weighted by molar-refractivity contribution is -0.137. The Morgan fingerprint density at radius 1 is 0.690 bits per heavy atom. The largest absolute Gasteiger partial charge is 0.490 e. The molecule has 1 aromatic rings. The van der Waals surface area contributed by atoms with E-state index in [2.05, 4.69) is 13.8 Å². The number of para-hydroxylation sites is 1. The summed E-state index contributed by atoms with van der Waals surface area (Å²) in [5, 5.41) is 0. The molecule has 0 fully saturated rings. The van der Waals surface area contributed by atoms with E-state index in [0.29, 0.717) is 25.2 Å². The normalized spacial score (nSPS) is 10.6. The van der Waals surface area contributed by atoms with Crippen molar-refractivity contribution < 1.29 is 23.8 Å². The fourth-order valence-electron chi connectivity index (χ4n) is 3.03. The van der Waals surface area contributed by atoms with Crippen molar-refractivity contribution in [3.8, 4) is 17.2 Å². The summed E-state index contributed by atoms with van der Waals surface area (Å²) in [6.45, 7) is 6.60. The highest BCUT2D eigenvalue weighted by molar-refractivity contribution is 5.77. The average Bonchev–Trinajstić information content (AvgIpc) is 2.70. The minimum absolute atomic E-state index is 0.201. The summed E-state index contributed by atoms with van der Waals surface area (Å²) < 4.78 is 16.6. The summed E-state index contributed by atoms with van der Waals surface area (Å²) in [5.74, 6) is 0.221. The minimum Gasteiger partial charge on any atom is -0.490 e. The minimum atomic E-state index is -0.328. The Morgan fingerprint density at radius 2 is 1.21 bits per heavy atom. The molecule has 5 heteroatoms. The molecule has 0 heterocycles. The van der Waals surface area contributed by atoms with E-state index >= 15 is 0 Å². The lowest BCUT2D eigenvalue weighted by atomic mass is 10.1. The van der Waals surface area contributed by atoms with Crippen molar-refractivity contribution in [2.24, 2.45) is 0 Å². The molecule has 0 aromatic heterocycles. The van der Waals surface area contributed by atoms with E-state index < -0.39 is 0 Å². The van der Waals surface area contributed by atoms with E-state index in [4.69, 9.17) is 14.2 Å². The molecule has 0 N–H and O–H groups in total. The van der Waals surface area contributed by atoms with Crippen molar-refractivity contribution in [1.29, 1.82) is 0 Å². The molecule has 0 aliphatic rings. The highest BCUT2D eigenvalue weighted by Gasteiger charge is 2.18. The Labute approximate surface area is 176 Å². The molecule has 0 aliphatic carbocycles. The zero-order chi connectivity index (χ0) is 21.3.